The quantitative estimate of drug-likeness (QED) is 0.276. The van der Waals surface area contributed by atoms with Crippen LogP contribution in [0.2, 0.25) is 15.1 Å². The van der Waals surface area contributed by atoms with Crippen molar-refractivity contribution in [2.75, 3.05) is 11.9 Å². The fourth-order valence-electron chi connectivity index (χ4n) is 3.89. The topological polar surface area (TPSA) is 58.2 Å². The summed E-state index contributed by atoms with van der Waals surface area (Å²) in [5.74, 6) is -6.01. The molecule has 4 rings (SSSR count). The molecule has 11 heteroatoms. The number of benzene rings is 3. The lowest BCUT2D eigenvalue weighted by atomic mass is 10.1. The first-order valence-electron chi connectivity index (χ1n) is 10.6. The summed E-state index contributed by atoms with van der Waals surface area (Å²) in [7, 11) is 0. The molecule has 4 nitrogen and oxygen atoms in total. The minimum atomic E-state index is -3.29. The van der Waals surface area contributed by atoms with Crippen molar-refractivity contribution in [1.29, 1.82) is 0 Å². The molecular formula is C25H17Cl5F2N2O2. The first kappa shape index (κ1) is 27.0. The molecule has 0 unspecified atom stereocenters. The van der Waals surface area contributed by atoms with Crippen LogP contribution in [0.15, 0.2) is 66.7 Å². The Morgan fingerprint density at radius 1 is 0.917 bits per heavy atom. The largest absolute Gasteiger partial charge is 0.346 e. The lowest BCUT2D eigenvalue weighted by Crippen LogP contribution is -2.35. The number of alkyl halides is 4. The summed E-state index contributed by atoms with van der Waals surface area (Å²) in [4.78, 5) is 25.6. The molecule has 0 saturated heterocycles. The van der Waals surface area contributed by atoms with E-state index in [1.165, 1.54) is 42.5 Å². The second-order valence-corrected chi connectivity index (χ2v) is 11.0. The summed E-state index contributed by atoms with van der Waals surface area (Å²) < 4.78 is 27.5. The molecule has 3 aromatic carbocycles. The Balaban J connectivity index is 1.46. The molecule has 3 aromatic rings. The third kappa shape index (κ3) is 5.74. The average molecular weight is 593 g/mol. The smallest absolute Gasteiger partial charge is 0.290 e. The molecule has 188 valence electrons. The van der Waals surface area contributed by atoms with Gasteiger partial charge in [-0.05, 0) is 42.0 Å². The molecular weight excluding hydrogens is 576 g/mol. The van der Waals surface area contributed by atoms with E-state index >= 15 is 0 Å². The van der Waals surface area contributed by atoms with Gasteiger partial charge in [-0.2, -0.15) is 8.78 Å². The van der Waals surface area contributed by atoms with Gasteiger partial charge in [0.05, 0.1) is 23.0 Å². The number of amides is 2. The molecule has 0 aromatic heterocycles. The summed E-state index contributed by atoms with van der Waals surface area (Å²) >= 11 is 31.0. The normalized spacial score (nSPS) is 18.4. The van der Waals surface area contributed by atoms with Crippen LogP contribution in [0.5, 0.6) is 0 Å². The van der Waals surface area contributed by atoms with Crippen molar-refractivity contribution in [1.82, 2.24) is 5.32 Å². The summed E-state index contributed by atoms with van der Waals surface area (Å²) in [5, 5.41) is 5.61. The van der Waals surface area contributed by atoms with Gasteiger partial charge in [-0.25, -0.2) is 0 Å². The zero-order valence-corrected chi connectivity index (χ0v) is 22.0. The van der Waals surface area contributed by atoms with E-state index in [1.807, 2.05) is 0 Å². The highest BCUT2D eigenvalue weighted by Crippen LogP contribution is 2.65. The Kier molecular flexibility index (Phi) is 7.75. The standard InChI is InChI=1S/C25H17Cl5F2N2O2/c26-15-8-13(9-16(27)10-15)20-21(25(20,29)30)23(36)34-17-6-7-19(28)18(11-17)22(35)33-12-24(31,32)14-4-2-1-3-5-14/h1-11,20-21H,12H2,(H,33,35)(H,34,36)/t20-,21+/m0/s1. The Hall–Kier alpha value is -2.09. The molecule has 1 aliphatic carbocycles. The molecule has 36 heavy (non-hydrogen) atoms. The van der Waals surface area contributed by atoms with Gasteiger partial charge in [-0.15, -0.1) is 23.2 Å². The van der Waals surface area contributed by atoms with Gasteiger partial charge in [-0.3, -0.25) is 9.59 Å². The van der Waals surface area contributed by atoms with Gasteiger partial charge >= 0.3 is 0 Å². The molecule has 0 bridgehead atoms. The van der Waals surface area contributed by atoms with Gasteiger partial charge < -0.3 is 10.6 Å². The first-order chi connectivity index (χ1) is 16.9. The highest BCUT2D eigenvalue weighted by Gasteiger charge is 2.67. The number of carbonyl (C=O) groups excluding carboxylic acids is 2. The fraction of sp³-hybridized carbons (Fsp3) is 0.200. The number of anilines is 1. The van der Waals surface area contributed by atoms with Crippen LogP contribution in [0.1, 0.15) is 27.4 Å². The Bertz CT molecular complexity index is 1300. The molecule has 1 aliphatic rings. The Labute approximate surface area is 230 Å². The molecule has 0 aliphatic heterocycles. The number of nitrogens with one attached hydrogen (secondary N) is 2. The lowest BCUT2D eigenvalue weighted by Gasteiger charge is -2.18. The maximum absolute atomic E-state index is 14.4. The van der Waals surface area contributed by atoms with Crippen LogP contribution in [0, 0.1) is 5.92 Å². The second-order valence-electron chi connectivity index (χ2n) is 8.27. The zero-order chi connectivity index (χ0) is 26.3. The molecule has 2 atom stereocenters. The minimum Gasteiger partial charge on any atom is -0.346 e. The van der Waals surface area contributed by atoms with Crippen molar-refractivity contribution >= 4 is 75.5 Å². The van der Waals surface area contributed by atoms with Crippen molar-refractivity contribution in [2.45, 2.75) is 16.2 Å². The molecule has 1 fully saturated rings. The molecule has 0 spiro atoms. The second kappa shape index (κ2) is 10.3. The number of rotatable bonds is 7. The van der Waals surface area contributed by atoms with Crippen LogP contribution >= 0.6 is 58.0 Å². The van der Waals surface area contributed by atoms with E-state index in [1.54, 1.807) is 24.3 Å². The van der Waals surface area contributed by atoms with E-state index < -0.39 is 40.5 Å². The van der Waals surface area contributed by atoms with Gasteiger partial charge in [0.2, 0.25) is 5.91 Å². The van der Waals surface area contributed by atoms with E-state index in [-0.39, 0.29) is 21.8 Å². The van der Waals surface area contributed by atoms with E-state index in [0.717, 1.165) is 0 Å². The van der Waals surface area contributed by atoms with E-state index in [4.69, 9.17) is 58.0 Å². The van der Waals surface area contributed by atoms with Crippen LogP contribution < -0.4 is 10.6 Å². The summed E-state index contributed by atoms with van der Waals surface area (Å²) in [6.45, 7) is -0.935. The number of hydrogen-bond donors (Lipinski definition) is 2. The predicted octanol–water partition coefficient (Wildman–Crippen LogP) is 7.69. The van der Waals surface area contributed by atoms with E-state index in [0.29, 0.717) is 15.6 Å². The Morgan fingerprint density at radius 3 is 2.19 bits per heavy atom. The summed E-state index contributed by atoms with van der Waals surface area (Å²) in [6.07, 6.45) is 0. The highest BCUT2D eigenvalue weighted by molar-refractivity contribution is 6.53. The average Bonchev–Trinajstić information content (AvgIpc) is 3.41. The zero-order valence-electron chi connectivity index (χ0n) is 18.2. The van der Waals surface area contributed by atoms with Crippen LogP contribution in [-0.2, 0) is 10.7 Å². The van der Waals surface area contributed by atoms with Crippen molar-refractivity contribution < 1.29 is 18.4 Å². The van der Waals surface area contributed by atoms with Crippen molar-refractivity contribution in [3.63, 3.8) is 0 Å². The molecule has 0 heterocycles. The Morgan fingerprint density at radius 2 is 1.56 bits per heavy atom. The van der Waals surface area contributed by atoms with Crippen molar-refractivity contribution in [3.05, 3.63) is 98.5 Å². The first-order valence-corrected chi connectivity index (χ1v) is 12.4. The highest BCUT2D eigenvalue weighted by atomic mass is 35.5. The van der Waals surface area contributed by atoms with Crippen LogP contribution in [0.3, 0.4) is 0 Å². The minimum absolute atomic E-state index is 0.0235. The third-order valence-electron chi connectivity index (χ3n) is 5.73. The summed E-state index contributed by atoms with van der Waals surface area (Å²) in [5.41, 5.74) is 0.495. The molecule has 1 saturated carbocycles. The van der Waals surface area contributed by atoms with Crippen molar-refractivity contribution in [3.8, 4) is 0 Å². The van der Waals surface area contributed by atoms with E-state index in [9.17, 15) is 18.4 Å². The predicted molar refractivity (Wildman–Crippen MR) is 140 cm³/mol. The molecule has 2 N–H and O–H groups in total. The van der Waals surface area contributed by atoms with Crippen LogP contribution in [0.4, 0.5) is 14.5 Å². The lowest BCUT2D eigenvalue weighted by molar-refractivity contribution is -0.117. The molecule has 0 radical (unpaired) electrons. The van der Waals surface area contributed by atoms with E-state index in [2.05, 4.69) is 10.6 Å². The van der Waals surface area contributed by atoms with Crippen LogP contribution in [0.25, 0.3) is 0 Å². The fourth-order valence-corrected chi connectivity index (χ4v) is 5.46. The summed E-state index contributed by atoms with van der Waals surface area (Å²) in [6, 6.07) is 16.0. The third-order valence-corrected chi connectivity index (χ3v) is 7.43. The van der Waals surface area contributed by atoms with Crippen molar-refractivity contribution in [2.24, 2.45) is 5.92 Å². The SMILES string of the molecule is O=C(NCC(F)(F)c1ccccc1)c1cc(NC(=O)[C@H]2[C@H](c3cc(Cl)cc(Cl)c3)C2(Cl)Cl)ccc1Cl. The number of hydrogen-bond acceptors (Lipinski definition) is 2. The maximum atomic E-state index is 14.4. The van der Waals surface area contributed by atoms with Gasteiger partial charge in [0.25, 0.3) is 11.8 Å². The number of carbonyl (C=O) groups is 2. The number of halogens is 7. The van der Waals surface area contributed by atoms with Gasteiger partial charge in [-0.1, -0.05) is 65.1 Å². The van der Waals surface area contributed by atoms with Gasteiger partial charge in [0.1, 0.15) is 4.33 Å². The maximum Gasteiger partial charge on any atom is 0.290 e. The van der Waals surface area contributed by atoms with Gasteiger partial charge in [0.15, 0.2) is 0 Å². The van der Waals surface area contributed by atoms with Crippen LogP contribution in [-0.4, -0.2) is 22.7 Å². The molecule has 2 amide bonds. The van der Waals surface area contributed by atoms with Gasteiger partial charge in [0, 0.05) is 27.2 Å². The monoisotopic (exact) mass is 590 g/mol.